The van der Waals surface area contributed by atoms with Crippen LogP contribution in [0.5, 0.6) is 0 Å². The molecule has 0 unspecified atom stereocenters. The molecular formula is C22H30O. The van der Waals surface area contributed by atoms with Gasteiger partial charge in [0.25, 0.3) is 0 Å². The summed E-state index contributed by atoms with van der Waals surface area (Å²) in [5.41, 5.74) is 3.32. The van der Waals surface area contributed by atoms with Crippen LogP contribution in [0.25, 0.3) is 0 Å². The molecule has 0 aliphatic heterocycles. The highest BCUT2D eigenvalue weighted by atomic mass is 16.3. The first-order chi connectivity index (χ1) is 11.2. The zero-order valence-corrected chi connectivity index (χ0v) is 14.6. The van der Waals surface area contributed by atoms with Gasteiger partial charge in [0, 0.05) is 0 Å². The number of benzene rings is 2. The van der Waals surface area contributed by atoms with Crippen molar-refractivity contribution in [1.29, 1.82) is 0 Å². The van der Waals surface area contributed by atoms with Crippen molar-refractivity contribution in [2.45, 2.75) is 64.4 Å². The lowest BCUT2D eigenvalue weighted by Crippen LogP contribution is -2.28. The quantitative estimate of drug-likeness (QED) is 0.776. The zero-order chi connectivity index (χ0) is 16.5. The summed E-state index contributed by atoms with van der Waals surface area (Å²) in [5, 5.41) is 10.6. The normalized spacial score (nSPS) is 16.3. The van der Waals surface area contributed by atoms with Gasteiger partial charge in [-0.25, -0.2) is 0 Å². The van der Waals surface area contributed by atoms with Crippen LogP contribution in [0, 0.1) is 0 Å². The van der Waals surface area contributed by atoms with Gasteiger partial charge in [-0.15, -0.1) is 0 Å². The molecule has 0 radical (unpaired) electrons. The molecule has 0 saturated heterocycles. The molecule has 0 heterocycles. The Labute approximate surface area is 141 Å². The average molecular weight is 310 g/mol. The zero-order valence-electron chi connectivity index (χ0n) is 14.6. The van der Waals surface area contributed by atoms with Gasteiger partial charge >= 0.3 is 0 Å². The third-order valence-corrected chi connectivity index (χ3v) is 4.80. The van der Waals surface area contributed by atoms with Crippen molar-refractivity contribution in [2.75, 3.05) is 0 Å². The van der Waals surface area contributed by atoms with E-state index in [2.05, 4.69) is 62.4 Å². The Bertz CT molecular complexity index is 568. The van der Waals surface area contributed by atoms with Gasteiger partial charge in [0.15, 0.2) is 0 Å². The maximum Gasteiger partial charge on any atom is 0.0896 e. The maximum atomic E-state index is 10.6. The van der Waals surface area contributed by atoms with Gasteiger partial charge < -0.3 is 5.11 Å². The first-order valence-corrected chi connectivity index (χ1v) is 9.03. The minimum absolute atomic E-state index is 0.538. The predicted molar refractivity (Wildman–Crippen MR) is 98.6 cm³/mol. The highest BCUT2D eigenvalue weighted by molar-refractivity contribution is 5.28. The smallest absolute Gasteiger partial charge is 0.0896 e. The molecule has 1 heteroatoms. The Kier molecular flexibility index (Phi) is 6.85. The molecule has 1 aliphatic carbocycles. The summed E-state index contributed by atoms with van der Waals surface area (Å²) in [5.74, 6) is 0. The monoisotopic (exact) mass is 310 g/mol. The van der Waals surface area contributed by atoms with Crippen LogP contribution in [0.1, 0.15) is 62.6 Å². The van der Waals surface area contributed by atoms with E-state index in [1.807, 2.05) is 6.07 Å². The molecule has 1 saturated carbocycles. The number of hydrogen-bond donors (Lipinski definition) is 1. The number of rotatable bonds is 3. The van der Waals surface area contributed by atoms with Gasteiger partial charge in [0.2, 0.25) is 0 Å². The van der Waals surface area contributed by atoms with Crippen LogP contribution >= 0.6 is 0 Å². The molecule has 2 aromatic carbocycles. The molecule has 0 aromatic heterocycles. The standard InChI is InChI=1S/C14H20O.C8H10/c1-2-12-7-6-8-13(11-12)14(15)9-4-3-5-10-14;1-2-8-6-4-3-5-7-8/h6-8,11,15H,2-5,9-10H2,1H3;3-7H,2H2,1H3. The molecule has 124 valence electrons. The van der Waals surface area contributed by atoms with Crippen molar-refractivity contribution >= 4 is 0 Å². The second-order valence-electron chi connectivity index (χ2n) is 6.49. The SMILES string of the molecule is CCc1cccc(C2(O)CCCCC2)c1.CCc1ccccc1. The summed E-state index contributed by atoms with van der Waals surface area (Å²) in [6.45, 7) is 4.32. The molecule has 3 rings (SSSR count). The molecule has 1 nitrogen and oxygen atoms in total. The van der Waals surface area contributed by atoms with Crippen molar-refractivity contribution in [3.05, 3.63) is 71.3 Å². The number of aliphatic hydroxyl groups is 1. The van der Waals surface area contributed by atoms with Crippen LogP contribution in [-0.2, 0) is 18.4 Å². The largest absolute Gasteiger partial charge is 0.385 e. The molecule has 23 heavy (non-hydrogen) atoms. The lowest BCUT2D eigenvalue weighted by molar-refractivity contribution is -0.000685. The Morgan fingerprint density at radius 1 is 0.783 bits per heavy atom. The van der Waals surface area contributed by atoms with Gasteiger partial charge in [0.1, 0.15) is 0 Å². The molecule has 0 amide bonds. The fourth-order valence-corrected chi connectivity index (χ4v) is 3.22. The summed E-state index contributed by atoms with van der Waals surface area (Å²) in [6.07, 6.45) is 7.64. The van der Waals surface area contributed by atoms with E-state index in [1.54, 1.807) is 0 Å². The fourth-order valence-electron chi connectivity index (χ4n) is 3.22. The van der Waals surface area contributed by atoms with E-state index in [0.717, 1.165) is 44.1 Å². The molecule has 0 spiro atoms. The summed E-state index contributed by atoms with van der Waals surface area (Å²) < 4.78 is 0. The first kappa shape index (κ1) is 17.7. The third-order valence-electron chi connectivity index (χ3n) is 4.80. The van der Waals surface area contributed by atoms with E-state index >= 15 is 0 Å². The molecule has 1 fully saturated rings. The average Bonchev–Trinajstić information content (AvgIpc) is 2.63. The summed E-state index contributed by atoms with van der Waals surface area (Å²) in [4.78, 5) is 0. The van der Waals surface area contributed by atoms with Crippen molar-refractivity contribution in [1.82, 2.24) is 0 Å². The number of aryl methyl sites for hydroxylation is 2. The van der Waals surface area contributed by atoms with Crippen LogP contribution in [0.3, 0.4) is 0 Å². The first-order valence-electron chi connectivity index (χ1n) is 9.03. The van der Waals surface area contributed by atoms with E-state index in [1.165, 1.54) is 17.5 Å². The van der Waals surface area contributed by atoms with Gasteiger partial charge in [-0.1, -0.05) is 87.7 Å². The van der Waals surface area contributed by atoms with Crippen LogP contribution in [-0.4, -0.2) is 5.11 Å². The lowest BCUT2D eigenvalue weighted by Gasteiger charge is -2.32. The van der Waals surface area contributed by atoms with E-state index in [4.69, 9.17) is 0 Å². The van der Waals surface area contributed by atoms with Crippen molar-refractivity contribution in [2.24, 2.45) is 0 Å². The van der Waals surface area contributed by atoms with Gasteiger partial charge in [-0.05, 0) is 42.4 Å². The van der Waals surface area contributed by atoms with Gasteiger partial charge in [0.05, 0.1) is 5.60 Å². The maximum absolute atomic E-state index is 10.6. The van der Waals surface area contributed by atoms with Gasteiger partial charge in [-0.3, -0.25) is 0 Å². The summed E-state index contributed by atoms with van der Waals surface area (Å²) in [6, 6.07) is 18.9. The van der Waals surface area contributed by atoms with Crippen LogP contribution < -0.4 is 0 Å². The van der Waals surface area contributed by atoms with E-state index in [-0.39, 0.29) is 0 Å². The Morgan fingerprint density at radius 2 is 1.39 bits per heavy atom. The summed E-state index contributed by atoms with van der Waals surface area (Å²) >= 11 is 0. The molecule has 0 bridgehead atoms. The summed E-state index contributed by atoms with van der Waals surface area (Å²) in [7, 11) is 0. The van der Waals surface area contributed by atoms with Crippen LogP contribution in [0.4, 0.5) is 0 Å². The minimum atomic E-state index is -0.538. The van der Waals surface area contributed by atoms with Crippen molar-refractivity contribution in [3.8, 4) is 0 Å². The van der Waals surface area contributed by atoms with E-state index < -0.39 is 5.60 Å². The highest BCUT2D eigenvalue weighted by Crippen LogP contribution is 2.37. The lowest BCUT2D eigenvalue weighted by atomic mass is 9.79. The highest BCUT2D eigenvalue weighted by Gasteiger charge is 2.30. The van der Waals surface area contributed by atoms with Crippen LogP contribution in [0.2, 0.25) is 0 Å². The van der Waals surface area contributed by atoms with Crippen molar-refractivity contribution in [3.63, 3.8) is 0 Å². The molecule has 1 N–H and O–H groups in total. The minimum Gasteiger partial charge on any atom is -0.385 e. The molecule has 2 aromatic rings. The fraction of sp³-hybridized carbons (Fsp3) is 0.455. The number of hydrogen-bond acceptors (Lipinski definition) is 1. The van der Waals surface area contributed by atoms with Crippen molar-refractivity contribution < 1.29 is 5.11 Å². The molecule has 1 aliphatic rings. The predicted octanol–water partition coefficient (Wildman–Crippen LogP) is 5.65. The van der Waals surface area contributed by atoms with Gasteiger partial charge in [-0.2, -0.15) is 0 Å². The second kappa shape index (κ2) is 8.88. The molecular weight excluding hydrogens is 280 g/mol. The van der Waals surface area contributed by atoms with E-state index in [9.17, 15) is 5.11 Å². The van der Waals surface area contributed by atoms with Crippen LogP contribution in [0.15, 0.2) is 54.6 Å². The Morgan fingerprint density at radius 3 is 1.96 bits per heavy atom. The Hall–Kier alpha value is -1.60. The molecule has 0 atom stereocenters. The topological polar surface area (TPSA) is 20.2 Å². The second-order valence-corrected chi connectivity index (χ2v) is 6.49. The third kappa shape index (κ3) is 5.21. The van der Waals surface area contributed by atoms with E-state index in [0.29, 0.717) is 0 Å². The Balaban J connectivity index is 0.000000203.